The molecule has 0 aromatic carbocycles. The van der Waals surface area contributed by atoms with Gasteiger partial charge in [-0.3, -0.25) is 0 Å². The molecule has 0 spiro atoms. The fourth-order valence-electron chi connectivity index (χ4n) is 1.09. The van der Waals surface area contributed by atoms with Gasteiger partial charge in [0.1, 0.15) is 0 Å². The van der Waals surface area contributed by atoms with Crippen molar-refractivity contribution in [2.45, 2.75) is 46.5 Å². The van der Waals surface area contributed by atoms with Crippen molar-refractivity contribution in [3.8, 4) is 12.3 Å². The molecule has 0 N–H and O–H groups in total. The molecule has 0 amide bonds. The van der Waals surface area contributed by atoms with Crippen molar-refractivity contribution in [2.24, 2.45) is 11.8 Å². The van der Waals surface area contributed by atoms with Crippen molar-refractivity contribution in [1.29, 1.82) is 0 Å². The van der Waals surface area contributed by atoms with Crippen LogP contribution in [0, 0.1) is 24.2 Å². The van der Waals surface area contributed by atoms with Crippen molar-refractivity contribution >= 4 is 0 Å². The number of rotatable bonds is 5. The third kappa shape index (κ3) is 7.46. The lowest BCUT2D eigenvalue weighted by Crippen LogP contribution is -1.97. The van der Waals surface area contributed by atoms with Crippen molar-refractivity contribution < 1.29 is 0 Å². The first-order valence-electron chi connectivity index (χ1n) is 4.60. The zero-order valence-corrected chi connectivity index (χ0v) is 8.06. The molecule has 0 radical (unpaired) electrons. The molecule has 0 aliphatic rings. The summed E-state index contributed by atoms with van der Waals surface area (Å²) in [4.78, 5) is 0. The highest BCUT2D eigenvalue weighted by Crippen LogP contribution is 2.15. The van der Waals surface area contributed by atoms with Crippen LogP contribution in [0.4, 0.5) is 0 Å². The maximum Gasteiger partial charge on any atom is 0.00885 e. The SMILES string of the molecule is C#CCCC(C)CCC(C)C. The first-order valence-corrected chi connectivity index (χ1v) is 4.60. The van der Waals surface area contributed by atoms with Crippen LogP contribution in [0.15, 0.2) is 0 Å². The van der Waals surface area contributed by atoms with Crippen molar-refractivity contribution in [3.63, 3.8) is 0 Å². The van der Waals surface area contributed by atoms with E-state index in [2.05, 4.69) is 26.7 Å². The van der Waals surface area contributed by atoms with Gasteiger partial charge in [-0.05, 0) is 18.3 Å². The van der Waals surface area contributed by atoms with Gasteiger partial charge in [0.25, 0.3) is 0 Å². The van der Waals surface area contributed by atoms with Crippen LogP contribution < -0.4 is 0 Å². The van der Waals surface area contributed by atoms with Gasteiger partial charge in [0.2, 0.25) is 0 Å². The summed E-state index contributed by atoms with van der Waals surface area (Å²) in [7, 11) is 0. The highest BCUT2D eigenvalue weighted by Gasteiger charge is 2.01. The molecular formula is C11H20. The van der Waals surface area contributed by atoms with Gasteiger partial charge in [0, 0.05) is 6.42 Å². The lowest BCUT2D eigenvalue weighted by Gasteiger charge is -2.10. The normalized spacial score (nSPS) is 13.0. The molecule has 64 valence electrons. The smallest absolute Gasteiger partial charge is 0.00885 e. The molecule has 0 fully saturated rings. The maximum absolute atomic E-state index is 5.18. The average Bonchev–Trinajstić information content (AvgIpc) is 1.97. The Kier molecular flexibility index (Phi) is 6.03. The van der Waals surface area contributed by atoms with Gasteiger partial charge in [-0.1, -0.05) is 33.6 Å². The lowest BCUT2D eigenvalue weighted by atomic mass is 9.96. The Bertz CT molecular complexity index is 116. The first kappa shape index (κ1) is 10.6. The number of hydrogen-bond donors (Lipinski definition) is 0. The highest BCUT2D eigenvalue weighted by atomic mass is 14.1. The first-order chi connectivity index (χ1) is 5.16. The van der Waals surface area contributed by atoms with Gasteiger partial charge in [-0.25, -0.2) is 0 Å². The topological polar surface area (TPSA) is 0 Å². The van der Waals surface area contributed by atoms with Gasteiger partial charge in [0.05, 0.1) is 0 Å². The van der Waals surface area contributed by atoms with E-state index in [9.17, 15) is 0 Å². The zero-order valence-electron chi connectivity index (χ0n) is 8.06. The zero-order chi connectivity index (χ0) is 8.69. The Labute approximate surface area is 71.4 Å². The maximum atomic E-state index is 5.18. The van der Waals surface area contributed by atoms with E-state index in [0.29, 0.717) is 0 Å². The second-order valence-corrected chi connectivity index (χ2v) is 3.82. The minimum atomic E-state index is 0.813. The van der Waals surface area contributed by atoms with E-state index in [1.807, 2.05) is 0 Å². The van der Waals surface area contributed by atoms with Crippen LogP contribution in [0.25, 0.3) is 0 Å². The van der Waals surface area contributed by atoms with Gasteiger partial charge in [-0.15, -0.1) is 12.3 Å². The largest absolute Gasteiger partial charge is 0.120 e. The summed E-state index contributed by atoms with van der Waals surface area (Å²) in [5.74, 6) is 4.34. The third-order valence-electron chi connectivity index (χ3n) is 2.02. The predicted octanol–water partition coefficient (Wildman–Crippen LogP) is 3.47. The molecule has 0 nitrogen and oxygen atoms in total. The molecule has 0 aliphatic heterocycles. The van der Waals surface area contributed by atoms with Crippen LogP contribution in [-0.4, -0.2) is 0 Å². The summed E-state index contributed by atoms with van der Waals surface area (Å²) in [6, 6.07) is 0. The fraction of sp³-hybridized carbons (Fsp3) is 0.818. The molecule has 0 saturated carbocycles. The molecule has 0 heteroatoms. The number of hydrogen-bond acceptors (Lipinski definition) is 0. The monoisotopic (exact) mass is 152 g/mol. The van der Waals surface area contributed by atoms with Crippen molar-refractivity contribution in [2.75, 3.05) is 0 Å². The van der Waals surface area contributed by atoms with Crippen molar-refractivity contribution in [3.05, 3.63) is 0 Å². The van der Waals surface area contributed by atoms with Crippen molar-refractivity contribution in [1.82, 2.24) is 0 Å². The second-order valence-electron chi connectivity index (χ2n) is 3.82. The van der Waals surface area contributed by atoms with E-state index in [1.165, 1.54) is 19.3 Å². The molecule has 1 atom stereocenters. The molecule has 11 heavy (non-hydrogen) atoms. The molecule has 0 heterocycles. The number of terminal acetylenes is 1. The summed E-state index contributed by atoms with van der Waals surface area (Å²) in [6.07, 6.45) is 10.00. The molecule has 0 aromatic rings. The fourth-order valence-corrected chi connectivity index (χ4v) is 1.09. The quantitative estimate of drug-likeness (QED) is 0.529. The van der Waals surface area contributed by atoms with E-state index in [0.717, 1.165) is 18.3 Å². The minimum Gasteiger partial charge on any atom is -0.120 e. The van der Waals surface area contributed by atoms with Crippen LogP contribution in [0.5, 0.6) is 0 Å². The Hall–Kier alpha value is -0.440. The van der Waals surface area contributed by atoms with Gasteiger partial charge in [0.15, 0.2) is 0 Å². The Morgan fingerprint density at radius 2 is 1.73 bits per heavy atom. The Morgan fingerprint density at radius 1 is 1.09 bits per heavy atom. The Balaban J connectivity index is 3.23. The van der Waals surface area contributed by atoms with E-state index < -0.39 is 0 Å². The summed E-state index contributed by atoms with van der Waals surface area (Å²) in [6.45, 7) is 6.83. The van der Waals surface area contributed by atoms with E-state index in [1.54, 1.807) is 0 Å². The van der Waals surface area contributed by atoms with Gasteiger partial charge in [-0.2, -0.15) is 0 Å². The van der Waals surface area contributed by atoms with Gasteiger partial charge >= 0.3 is 0 Å². The van der Waals surface area contributed by atoms with Crippen LogP contribution >= 0.6 is 0 Å². The predicted molar refractivity (Wildman–Crippen MR) is 51.3 cm³/mol. The average molecular weight is 152 g/mol. The van der Waals surface area contributed by atoms with Crippen LogP contribution in [0.2, 0.25) is 0 Å². The summed E-state index contributed by atoms with van der Waals surface area (Å²) >= 11 is 0. The summed E-state index contributed by atoms with van der Waals surface area (Å²) in [5, 5.41) is 0. The molecule has 0 aliphatic carbocycles. The van der Waals surface area contributed by atoms with E-state index in [-0.39, 0.29) is 0 Å². The lowest BCUT2D eigenvalue weighted by molar-refractivity contribution is 0.432. The molecule has 0 aromatic heterocycles. The molecule has 0 rings (SSSR count). The molecule has 1 unspecified atom stereocenters. The summed E-state index contributed by atoms with van der Waals surface area (Å²) < 4.78 is 0. The van der Waals surface area contributed by atoms with E-state index >= 15 is 0 Å². The third-order valence-corrected chi connectivity index (χ3v) is 2.02. The molecular weight excluding hydrogens is 132 g/mol. The minimum absolute atomic E-state index is 0.813. The van der Waals surface area contributed by atoms with Crippen LogP contribution in [-0.2, 0) is 0 Å². The van der Waals surface area contributed by atoms with Crippen LogP contribution in [0.3, 0.4) is 0 Å². The molecule has 0 bridgehead atoms. The standard InChI is InChI=1S/C11H20/c1-5-6-7-11(4)9-8-10(2)3/h1,10-11H,6-9H2,2-4H3. The molecule has 0 saturated heterocycles. The highest BCUT2D eigenvalue weighted by molar-refractivity contribution is 4.83. The second kappa shape index (κ2) is 6.28. The Morgan fingerprint density at radius 3 is 2.18 bits per heavy atom. The van der Waals surface area contributed by atoms with Gasteiger partial charge < -0.3 is 0 Å². The van der Waals surface area contributed by atoms with E-state index in [4.69, 9.17) is 6.42 Å². The summed E-state index contributed by atoms with van der Waals surface area (Å²) in [5.41, 5.74) is 0. The van der Waals surface area contributed by atoms with Crippen LogP contribution in [0.1, 0.15) is 46.5 Å².